The molecule has 21 heavy (non-hydrogen) atoms. The number of hydrogen-bond acceptors (Lipinski definition) is 5. The van der Waals surface area contributed by atoms with Crippen LogP contribution in [0.25, 0.3) is 0 Å². The van der Waals surface area contributed by atoms with E-state index in [0.29, 0.717) is 18.9 Å². The average Bonchev–Trinajstić information content (AvgIpc) is 2.73. The van der Waals surface area contributed by atoms with Gasteiger partial charge in [-0.3, -0.25) is 0 Å². The predicted molar refractivity (Wildman–Crippen MR) is 74.5 cm³/mol. The monoisotopic (exact) mass is 291 g/mol. The summed E-state index contributed by atoms with van der Waals surface area (Å²) in [4.78, 5) is 30.3. The molecule has 2 aliphatic heterocycles. The average molecular weight is 291 g/mol. The van der Waals surface area contributed by atoms with Crippen LogP contribution in [0.3, 0.4) is 0 Å². The molecular formula is C14H17N3O4. The number of amides is 1. The van der Waals surface area contributed by atoms with Crippen molar-refractivity contribution >= 4 is 17.9 Å². The van der Waals surface area contributed by atoms with Crippen molar-refractivity contribution in [2.45, 2.75) is 18.4 Å². The number of hydrogen-bond donors (Lipinski definition) is 1. The standard InChI is InChI=1S/C14H17N3O4/c1-16-8-14(21-13(16)20)5-2-6-17(9-14)11-4-3-10(7-15-11)12(18)19/h3-4,7H,2,5-6,8-9H2,1H3,(H,18,19). The van der Waals surface area contributed by atoms with E-state index in [-0.39, 0.29) is 11.7 Å². The molecule has 0 radical (unpaired) electrons. The van der Waals surface area contributed by atoms with E-state index in [0.717, 1.165) is 19.4 Å². The maximum atomic E-state index is 11.6. The summed E-state index contributed by atoms with van der Waals surface area (Å²) in [5.41, 5.74) is -0.311. The first-order valence-electron chi connectivity index (χ1n) is 6.88. The largest absolute Gasteiger partial charge is 0.478 e. The van der Waals surface area contributed by atoms with Gasteiger partial charge in [0.15, 0.2) is 0 Å². The van der Waals surface area contributed by atoms with Gasteiger partial charge < -0.3 is 19.6 Å². The van der Waals surface area contributed by atoms with Gasteiger partial charge in [0.05, 0.1) is 18.7 Å². The number of carbonyl (C=O) groups excluding carboxylic acids is 1. The summed E-state index contributed by atoms with van der Waals surface area (Å²) >= 11 is 0. The molecule has 1 aromatic rings. The van der Waals surface area contributed by atoms with E-state index in [4.69, 9.17) is 9.84 Å². The first kappa shape index (κ1) is 13.7. The van der Waals surface area contributed by atoms with E-state index in [1.54, 1.807) is 24.1 Å². The highest BCUT2D eigenvalue weighted by molar-refractivity contribution is 5.87. The molecule has 1 N–H and O–H groups in total. The van der Waals surface area contributed by atoms with Crippen molar-refractivity contribution < 1.29 is 19.4 Å². The highest BCUT2D eigenvalue weighted by atomic mass is 16.6. The fourth-order valence-corrected chi connectivity index (χ4v) is 3.00. The quantitative estimate of drug-likeness (QED) is 0.881. The third-order valence-corrected chi connectivity index (χ3v) is 4.00. The van der Waals surface area contributed by atoms with Gasteiger partial charge in [-0.25, -0.2) is 14.6 Å². The van der Waals surface area contributed by atoms with Crippen LogP contribution in [0.4, 0.5) is 10.6 Å². The number of nitrogens with zero attached hydrogens (tertiary/aromatic N) is 3. The van der Waals surface area contributed by atoms with E-state index in [9.17, 15) is 9.59 Å². The number of anilines is 1. The Hall–Kier alpha value is -2.31. The Morgan fingerprint density at radius 3 is 2.81 bits per heavy atom. The lowest BCUT2D eigenvalue weighted by Crippen LogP contribution is -2.50. The van der Waals surface area contributed by atoms with Crippen molar-refractivity contribution in [2.24, 2.45) is 0 Å². The minimum absolute atomic E-state index is 0.164. The van der Waals surface area contributed by atoms with Crippen LogP contribution in [-0.2, 0) is 4.74 Å². The zero-order valence-corrected chi connectivity index (χ0v) is 11.8. The molecule has 1 aromatic heterocycles. The molecule has 7 nitrogen and oxygen atoms in total. The van der Waals surface area contributed by atoms with Crippen LogP contribution in [0.15, 0.2) is 18.3 Å². The molecule has 7 heteroatoms. The molecule has 3 heterocycles. The molecule has 3 rings (SSSR count). The number of likely N-dealkylation sites (N-methyl/N-ethyl adjacent to an activating group) is 1. The van der Waals surface area contributed by atoms with Gasteiger partial charge in [-0.15, -0.1) is 0 Å². The van der Waals surface area contributed by atoms with Crippen molar-refractivity contribution in [2.75, 3.05) is 31.6 Å². The van der Waals surface area contributed by atoms with Gasteiger partial charge >= 0.3 is 12.1 Å². The highest BCUT2D eigenvalue weighted by Gasteiger charge is 2.46. The normalized spacial score (nSPS) is 25.3. The Labute approximate surface area is 122 Å². The maximum absolute atomic E-state index is 11.6. The fraction of sp³-hybridized carbons (Fsp3) is 0.500. The van der Waals surface area contributed by atoms with Crippen LogP contribution in [-0.4, -0.2) is 59.3 Å². The zero-order chi connectivity index (χ0) is 15.0. The first-order chi connectivity index (χ1) is 9.99. The van der Waals surface area contributed by atoms with Crippen molar-refractivity contribution in [1.29, 1.82) is 0 Å². The number of carboxylic acid groups (broad SMARTS) is 1. The summed E-state index contributed by atoms with van der Waals surface area (Å²) < 4.78 is 5.54. The van der Waals surface area contributed by atoms with Crippen LogP contribution in [0.2, 0.25) is 0 Å². The van der Waals surface area contributed by atoms with Crippen molar-refractivity contribution in [3.63, 3.8) is 0 Å². The van der Waals surface area contributed by atoms with Gasteiger partial charge in [0.25, 0.3) is 0 Å². The molecule has 0 bridgehead atoms. The molecule has 0 saturated carbocycles. The lowest BCUT2D eigenvalue weighted by Gasteiger charge is -2.38. The molecule has 112 valence electrons. The van der Waals surface area contributed by atoms with E-state index >= 15 is 0 Å². The van der Waals surface area contributed by atoms with Gasteiger partial charge in [-0.2, -0.15) is 0 Å². The molecule has 0 aliphatic carbocycles. The molecule has 2 saturated heterocycles. The number of aromatic carboxylic acids is 1. The predicted octanol–water partition coefficient (Wildman–Crippen LogP) is 1.20. The van der Waals surface area contributed by atoms with E-state index < -0.39 is 11.6 Å². The Bertz CT molecular complexity index is 574. The number of carboxylic acids is 1. The molecule has 2 fully saturated rings. The molecule has 1 atom stereocenters. The lowest BCUT2D eigenvalue weighted by atomic mass is 9.93. The van der Waals surface area contributed by atoms with Gasteiger partial charge in [0.2, 0.25) is 0 Å². The second-order valence-electron chi connectivity index (χ2n) is 5.64. The zero-order valence-electron chi connectivity index (χ0n) is 11.8. The van der Waals surface area contributed by atoms with Crippen LogP contribution >= 0.6 is 0 Å². The molecule has 2 aliphatic rings. The summed E-state index contributed by atoms with van der Waals surface area (Å²) in [6.45, 7) is 1.99. The molecule has 1 amide bonds. The summed E-state index contributed by atoms with van der Waals surface area (Å²) in [5, 5.41) is 8.90. The Morgan fingerprint density at radius 1 is 1.43 bits per heavy atom. The summed E-state index contributed by atoms with van der Waals surface area (Å²) in [5.74, 6) is -0.278. The highest BCUT2D eigenvalue weighted by Crippen LogP contribution is 2.32. The number of pyridine rings is 1. The van der Waals surface area contributed by atoms with Crippen molar-refractivity contribution in [3.8, 4) is 0 Å². The number of ether oxygens (including phenoxy) is 1. The Kier molecular flexibility index (Phi) is 3.19. The second kappa shape index (κ2) is 4.91. The van der Waals surface area contributed by atoms with Gasteiger partial charge in [-0.1, -0.05) is 0 Å². The van der Waals surface area contributed by atoms with Crippen molar-refractivity contribution in [3.05, 3.63) is 23.9 Å². The molecular weight excluding hydrogens is 274 g/mol. The maximum Gasteiger partial charge on any atom is 0.410 e. The first-order valence-corrected chi connectivity index (χ1v) is 6.88. The second-order valence-corrected chi connectivity index (χ2v) is 5.64. The summed E-state index contributed by atoms with van der Waals surface area (Å²) in [6, 6.07) is 3.24. The van der Waals surface area contributed by atoms with Crippen LogP contribution < -0.4 is 4.90 Å². The minimum Gasteiger partial charge on any atom is -0.478 e. The lowest BCUT2D eigenvalue weighted by molar-refractivity contribution is 0.0445. The minimum atomic E-state index is -0.990. The number of aromatic nitrogens is 1. The van der Waals surface area contributed by atoms with Gasteiger partial charge in [0.1, 0.15) is 11.4 Å². The van der Waals surface area contributed by atoms with E-state index in [1.165, 1.54) is 6.20 Å². The third kappa shape index (κ3) is 2.51. The van der Waals surface area contributed by atoms with Gasteiger partial charge in [-0.05, 0) is 25.0 Å². The Balaban J connectivity index is 1.77. The third-order valence-electron chi connectivity index (χ3n) is 4.00. The molecule has 0 aromatic carbocycles. The Morgan fingerprint density at radius 2 is 2.24 bits per heavy atom. The van der Waals surface area contributed by atoms with Crippen LogP contribution in [0.1, 0.15) is 23.2 Å². The summed E-state index contributed by atoms with van der Waals surface area (Å²) in [6.07, 6.45) is 2.81. The summed E-state index contributed by atoms with van der Waals surface area (Å²) in [7, 11) is 1.73. The van der Waals surface area contributed by atoms with E-state index in [1.807, 2.05) is 4.90 Å². The fourth-order valence-electron chi connectivity index (χ4n) is 3.00. The molecule has 1 spiro atoms. The smallest absolute Gasteiger partial charge is 0.410 e. The van der Waals surface area contributed by atoms with Crippen LogP contribution in [0.5, 0.6) is 0 Å². The van der Waals surface area contributed by atoms with Crippen LogP contribution in [0, 0.1) is 0 Å². The van der Waals surface area contributed by atoms with Crippen molar-refractivity contribution in [1.82, 2.24) is 9.88 Å². The number of carbonyl (C=O) groups is 2. The van der Waals surface area contributed by atoms with Gasteiger partial charge in [0, 0.05) is 19.8 Å². The van der Waals surface area contributed by atoms with E-state index in [2.05, 4.69) is 4.98 Å². The SMILES string of the molecule is CN1CC2(CCCN(c3ccc(C(=O)O)cn3)C2)OC1=O. The topological polar surface area (TPSA) is 83.0 Å². The molecule has 1 unspecified atom stereocenters. The number of rotatable bonds is 2. The number of piperidine rings is 1.